The topological polar surface area (TPSA) is 282 Å². The molecule has 4 unspecified atom stereocenters. The Kier molecular flexibility index (Phi) is 47.0. The van der Waals surface area contributed by atoms with Gasteiger partial charge < -0.3 is 69.7 Å². The van der Waals surface area contributed by atoms with Gasteiger partial charge in [-0.1, -0.05) is 142 Å². The van der Waals surface area contributed by atoms with Crippen LogP contribution in [0.15, 0.2) is 248 Å². The van der Waals surface area contributed by atoms with Crippen LogP contribution in [0.2, 0.25) is 0 Å². The molecule has 604 valence electrons. The van der Waals surface area contributed by atoms with Gasteiger partial charge in [0.15, 0.2) is 0 Å². The van der Waals surface area contributed by atoms with Gasteiger partial charge in [0.25, 0.3) is 0 Å². The van der Waals surface area contributed by atoms with Gasteiger partial charge in [-0.3, -0.25) is 0 Å². The number of carbonyl (C=O) groups excluding carboxylic acids is 4. The molecular formula is C89H94Ir2N6O13S4-4. The molecule has 0 saturated carbocycles. The maximum atomic E-state index is 11.6. The maximum Gasteiger partial charge on any atom is 0.407 e. The summed E-state index contributed by atoms with van der Waals surface area (Å²) in [5.41, 5.74) is 6.53. The van der Waals surface area contributed by atoms with E-state index in [1.54, 1.807) is 73.0 Å². The summed E-state index contributed by atoms with van der Waals surface area (Å²) >= 11 is 6.93. The number of nitrogens with zero attached hydrogens (tertiary/aromatic N) is 5. The van der Waals surface area contributed by atoms with E-state index in [9.17, 15) is 29.4 Å². The number of ether oxygens (including phenoxy) is 4. The summed E-state index contributed by atoms with van der Waals surface area (Å²) in [6.07, 6.45) is 10.1. The molecule has 1 fully saturated rings. The van der Waals surface area contributed by atoms with Gasteiger partial charge >= 0.3 is 18.0 Å². The molecule has 9 heterocycles. The predicted octanol–water partition coefficient (Wildman–Crippen LogP) is 18.1. The second kappa shape index (κ2) is 55.2. The summed E-state index contributed by atoms with van der Waals surface area (Å²) in [4.78, 5) is 67.8. The number of pyridine rings is 4. The maximum absolute atomic E-state index is 11.6. The van der Waals surface area contributed by atoms with Crippen molar-refractivity contribution in [3.63, 3.8) is 0 Å². The van der Waals surface area contributed by atoms with Crippen molar-refractivity contribution in [3.05, 3.63) is 279 Å². The van der Waals surface area contributed by atoms with E-state index in [0.29, 0.717) is 30.4 Å². The molecule has 6 N–H and O–H groups in total. The molecule has 0 spiro atoms. The van der Waals surface area contributed by atoms with Gasteiger partial charge in [0, 0.05) is 119 Å². The number of hydrogen-bond acceptors (Lipinski definition) is 22. The summed E-state index contributed by atoms with van der Waals surface area (Å²) in [6, 6.07) is 77.9. The SMILES string of the molecule is C.C1CCOC1.C=C(C)C(=O)OCCN=C=O.C=C(C)C(=O)OCCNC(=O)OCc1ccc(CCC(O)CC(C)O)cc1.CC(O)CC(O)CO.[Ir].[Ir].[c-]1c(-c2ccccn2)sc2ccccc12.[c-]1c(-c2ccccn2)sc2ccccc12.[c-]1c(-c2ccccn2)sc2ccccc12.[c-]1c(-c2ccccn2)sc2ccccc12. The average molecular weight is 1970 g/mol. The number of aryl methyl sites for hydroxylation is 1. The Labute approximate surface area is 710 Å². The first kappa shape index (κ1) is 97.0. The molecule has 1 saturated heterocycles. The third kappa shape index (κ3) is 36.4. The molecule has 1 aliphatic rings. The number of rotatable bonds is 22. The molecule has 25 heteroatoms. The number of aliphatic hydroxyl groups is 5. The number of nitrogens with one attached hydrogen (secondary N) is 1. The normalized spacial score (nSPS) is 11.7. The van der Waals surface area contributed by atoms with Gasteiger partial charge in [-0.25, -0.2) is 69.5 Å². The smallest absolute Gasteiger partial charge is 0.407 e. The minimum atomic E-state index is -0.769. The van der Waals surface area contributed by atoms with Crippen LogP contribution in [0.25, 0.3) is 82.6 Å². The van der Waals surface area contributed by atoms with E-state index in [2.05, 4.69) is 145 Å². The quantitative estimate of drug-likeness (QED) is 0.00699. The van der Waals surface area contributed by atoms with E-state index in [1.165, 1.54) is 59.3 Å². The second-order valence-corrected chi connectivity index (χ2v) is 28.9. The molecule has 1 aliphatic heterocycles. The molecule has 4 atom stereocenters. The van der Waals surface area contributed by atoms with Gasteiger partial charge in [0.1, 0.15) is 19.8 Å². The predicted molar refractivity (Wildman–Crippen MR) is 452 cm³/mol. The number of aliphatic hydroxyl groups excluding tert-OH is 5. The number of aliphatic imine (C=N–C) groups is 1. The van der Waals surface area contributed by atoms with Crippen LogP contribution >= 0.6 is 45.3 Å². The molecule has 8 aromatic heterocycles. The molecule has 0 bridgehead atoms. The Morgan fingerprint density at radius 2 is 0.851 bits per heavy atom. The van der Waals surface area contributed by atoms with Gasteiger partial charge in [-0.15, -0.1) is 94.3 Å². The summed E-state index contributed by atoms with van der Waals surface area (Å²) in [6.45, 7) is 15.5. The summed E-state index contributed by atoms with van der Waals surface area (Å²) in [5, 5.41) is 51.6. The fourth-order valence-corrected chi connectivity index (χ4v) is 13.6. The van der Waals surface area contributed by atoms with Crippen molar-refractivity contribution in [2.75, 3.05) is 46.1 Å². The molecule has 114 heavy (non-hydrogen) atoms. The molecule has 5 aromatic carbocycles. The second-order valence-electron chi connectivity index (χ2n) is 24.7. The molecule has 0 aliphatic carbocycles. The zero-order valence-electron chi connectivity index (χ0n) is 62.9. The summed E-state index contributed by atoms with van der Waals surface area (Å²) in [7, 11) is 0. The molecule has 2 radical (unpaired) electrons. The van der Waals surface area contributed by atoms with Crippen LogP contribution < -0.4 is 5.32 Å². The van der Waals surface area contributed by atoms with E-state index in [1.807, 2.05) is 146 Å². The fourth-order valence-electron chi connectivity index (χ4n) is 9.72. The van der Waals surface area contributed by atoms with E-state index in [4.69, 9.17) is 29.5 Å². The minimum Gasteiger partial charge on any atom is -0.460 e. The van der Waals surface area contributed by atoms with Crippen LogP contribution in [0, 0.1) is 24.3 Å². The van der Waals surface area contributed by atoms with Crippen molar-refractivity contribution in [1.29, 1.82) is 0 Å². The number of esters is 2. The number of fused-ring (bicyclic) bond motifs is 4. The molecule has 14 rings (SSSR count). The Balaban J connectivity index is 0.000000282. The van der Waals surface area contributed by atoms with Gasteiger partial charge in [0.2, 0.25) is 6.08 Å². The van der Waals surface area contributed by atoms with Crippen molar-refractivity contribution in [3.8, 4) is 42.3 Å². The largest absolute Gasteiger partial charge is 0.460 e. The third-order valence-corrected chi connectivity index (χ3v) is 19.6. The zero-order chi connectivity index (χ0) is 79.4. The minimum absolute atomic E-state index is 0. The van der Waals surface area contributed by atoms with Crippen molar-refractivity contribution < 1.29 is 104 Å². The van der Waals surface area contributed by atoms with E-state index in [-0.39, 0.29) is 93.6 Å². The Hall–Kier alpha value is -9.33. The van der Waals surface area contributed by atoms with Gasteiger partial charge in [-0.05, 0) is 133 Å². The third-order valence-electron chi connectivity index (χ3n) is 15.2. The van der Waals surface area contributed by atoms with Crippen LogP contribution in [0.1, 0.15) is 78.4 Å². The first-order chi connectivity index (χ1) is 53.8. The van der Waals surface area contributed by atoms with Crippen LogP contribution in [0.5, 0.6) is 0 Å². The van der Waals surface area contributed by atoms with Crippen molar-refractivity contribution in [2.45, 2.75) is 105 Å². The van der Waals surface area contributed by atoms with E-state index < -0.39 is 42.4 Å². The average Bonchev–Trinajstić information content (AvgIpc) is 1.71. The Bertz CT molecular complexity index is 4370. The van der Waals surface area contributed by atoms with Crippen LogP contribution in [0.3, 0.4) is 0 Å². The molecule has 1 amide bonds. The zero-order valence-corrected chi connectivity index (χ0v) is 71.0. The van der Waals surface area contributed by atoms with Crippen molar-refractivity contribution >= 4 is 110 Å². The van der Waals surface area contributed by atoms with Crippen LogP contribution in [-0.4, -0.2) is 140 Å². The van der Waals surface area contributed by atoms with Crippen LogP contribution in [0.4, 0.5) is 4.79 Å². The number of benzene rings is 5. The van der Waals surface area contributed by atoms with E-state index >= 15 is 0 Å². The monoisotopic (exact) mass is 1970 g/mol. The van der Waals surface area contributed by atoms with Crippen molar-refractivity contribution in [1.82, 2.24) is 25.3 Å². The first-order valence-corrected chi connectivity index (χ1v) is 39.0. The first-order valence-electron chi connectivity index (χ1n) is 35.7. The van der Waals surface area contributed by atoms with Gasteiger partial charge in [0.05, 0.1) is 44.1 Å². The fraction of sp³-hybridized carbons (Fsp3) is 0.258. The number of isocyanates is 1. The summed E-state index contributed by atoms with van der Waals surface area (Å²) < 4.78 is 24.5. The number of thiophene rings is 4. The van der Waals surface area contributed by atoms with Gasteiger partial charge in [-0.2, -0.15) is 0 Å². The van der Waals surface area contributed by atoms with E-state index in [0.717, 1.165) is 66.6 Å². The number of carbonyl (C=O) groups is 3. The molecular weight excluding hydrogens is 1870 g/mol. The summed E-state index contributed by atoms with van der Waals surface area (Å²) in [5.74, 6) is -0.963. The molecule has 19 nitrogen and oxygen atoms in total. The number of amides is 1. The van der Waals surface area contributed by atoms with Crippen LogP contribution in [-0.2, 0) is 86.6 Å². The Morgan fingerprint density at radius 3 is 1.15 bits per heavy atom. The Morgan fingerprint density at radius 1 is 0.509 bits per heavy atom. The van der Waals surface area contributed by atoms with Crippen molar-refractivity contribution in [2.24, 2.45) is 4.99 Å². The number of hydrogen-bond donors (Lipinski definition) is 6. The molecule has 13 aromatic rings. The number of aromatic nitrogens is 4. The number of alkyl carbamates (subject to hydrolysis) is 1. The standard InChI is InChI=1S/C20H29NO6.4C13H8NS.C7H9NO3.C5H12O3.C4H8O.CH4.2Ir/c1-14(2)19(24)26-11-10-21-20(25)27-13-17-6-4-16(5-7-17)8-9-18(23)12-15(3)22;4*1-2-7-12-10(5-1)9-13(15-12)11-6-3-4-8-14-11;1-6(2)7(10)11-4-3-8-5-9;1-4(7)2-5(8)3-6;1-2-4-5-3-1;;;/h4-7,15,18,22-23H,1,8-13H2,2-3H3,(H,21,25);4*1-8H;1,3-4H2,2H3;4-8H,2-3H2,1H3;1-4H2;1H4;;/q;4*-1;;;;;;.